The maximum atomic E-state index is 12.7. The Morgan fingerprint density at radius 2 is 2.31 bits per heavy atom. The third-order valence-corrected chi connectivity index (χ3v) is 7.44. The number of nitrogens with one attached hydrogen (secondary N) is 2. The van der Waals surface area contributed by atoms with Gasteiger partial charge in [-0.2, -0.15) is 4.98 Å². The Kier molecular flexibility index (Phi) is 5.45. The third-order valence-electron chi connectivity index (χ3n) is 6.35. The number of hydrogen-bond donors (Lipinski definition) is 2. The van der Waals surface area contributed by atoms with E-state index in [1.54, 1.807) is 17.4 Å². The number of H-pyrrole nitrogens is 1. The van der Waals surface area contributed by atoms with Gasteiger partial charge in [0, 0.05) is 35.5 Å². The molecule has 8 nitrogen and oxygen atoms in total. The van der Waals surface area contributed by atoms with Gasteiger partial charge in [-0.15, -0.1) is 0 Å². The van der Waals surface area contributed by atoms with E-state index in [0.29, 0.717) is 31.1 Å². The summed E-state index contributed by atoms with van der Waals surface area (Å²) in [6.45, 7) is 6.81. The van der Waals surface area contributed by atoms with Crippen molar-refractivity contribution in [2.75, 3.05) is 38.3 Å². The smallest absolute Gasteiger partial charge is 0.337 e. The van der Waals surface area contributed by atoms with Crippen LogP contribution in [0.5, 0.6) is 0 Å². The SMILES string of the molecule is COC(=O)c1ccc2[nH]cc(C[C@H]3COCCN3c3nc4c(s3)CC(C)(C)C[NH+]4[O-])c2c1. The molecule has 0 saturated carbocycles. The van der Waals surface area contributed by atoms with Crippen LogP contribution in [0.1, 0.15) is 34.6 Å². The van der Waals surface area contributed by atoms with Crippen LogP contribution in [0.2, 0.25) is 0 Å². The van der Waals surface area contributed by atoms with Crippen molar-refractivity contribution in [3.8, 4) is 0 Å². The number of thiazole rings is 1. The van der Waals surface area contributed by atoms with Gasteiger partial charge in [0.1, 0.15) is 0 Å². The molecular weight excluding hydrogens is 428 g/mol. The number of ether oxygens (including phenoxy) is 2. The summed E-state index contributed by atoms with van der Waals surface area (Å²) in [5, 5.41) is 14.7. The Morgan fingerprint density at radius 1 is 1.47 bits per heavy atom. The first kappa shape index (κ1) is 21.4. The average molecular weight is 457 g/mol. The zero-order valence-electron chi connectivity index (χ0n) is 18.6. The number of esters is 1. The van der Waals surface area contributed by atoms with Crippen molar-refractivity contribution in [2.45, 2.75) is 32.7 Å². The zero-order valence-corrected chi connectivity index (χ0v) is 19.4. The van der Waals surface area contributed by atoms with Crippen molar-refractivity contribution < 1.29 is 19.3 Å². The van der Waals surface area contributed by atoms with Crippen LogP contribution in [-0.4, -0.2) is 55.4 Å². The number of aromatic nitrogens is 2. The Balaban J connectivity index is 1.44. The quantitative estimate of drug-likeness (QED) is 0.463. The first-order chi connectivity index (χ1) is 15.3. The van der Waals surface area contributed by atoms with Gasteiger partial charge in [0.15, 0.2) is 5.13 Å². The lowest BCUT2D eigenvalue weighted by atomic mass is 9.86. The fourth-order valence-corrected chi connectivity index (χ4v) is 6.17. The largest absolute Gasteiger partial charge is 0.628 e. The van der Waals surface area contributed by atoms with Gasteiger partial charge in [-0.05, 0) is 30.2 Å². The number of rotatable bonds is 4. The van der Waals surface area contributed by atoms with Crippen LogP contribution in [0.15, 0.2) is 24.4 Å². The van der Waals surface area contributed by atoms with E-state index >= 15 is 0 Å². The van der Waals surface area contributed by atoms with Crippen molar-refractivity contribution in [2.24, 2.45) is 5.41 Å². The maximum Gasteiger partial charge on any atom is 0.337 e. The Morgan fingerprint density at radius 3 is 3.12 bits per heavy atom. The number of fused-ring (bicyclic) bond motifs is 2. The van der Waals surface area contributed by atoms with E-state index in [1.807, 2.05) is 18.3 Å². The van der Waals surface area contributed by atoms with Gasteiger partial charge >= 0.3 is 5.97 Å². The minimum absolute atomic E-state index is 0.0142. The van der Waals surface area contributed by atoms with Crippen LogP contribution in [0.4, 0.5) is 10.9 Å². The highest BCUT2D eigenvalue weighted by atomic mass is 32.1. The van der Waals surface area contributed by atoms with Crippen LogP contribution < -0.4 is 9.96 Å². The highest BCUT2D eigenvalue weighted by Crippen LogP contribution is 2.37. The van der Waals surface area contributed by atoms with Crippen molar-refractivity contribution in [1.82, 2.24) is 9.97 Å². The number of quaternary nitrogens is 1. The molecule has 0 spiro atoms. The number of carbonyl (C=O) groups excluding carboxylic acids is 1. The molecule has 0 aliphatic carbocycles. The number of morpholine rings is 1. The second kappa shape index (κ2) is 8.15. The highest BCUT2D eigenvalue weighted by Gasteiger charge is 2.36. The molecule has 4 heterocycles. The van der Waals surface area contributed by atoms with E-state index in [9.17, 15) is 10.0 Å². The fourth-order valence-electron chi connectivity index (χ4n) is 4.74. The van der Waals surface area contributed by atoms with Gasteiger partial charge in [-0.3, -0.25) is 0 Å². The van der Waals surface area contributed by atoms with Crippen molar-refractivity contribution in [3.05, 3.63) is 45.6 Å². The summed E-state index contributed by atoms with van der Waals surface area (Å²) in [5.41, 5.74) is 2.62. The van der Waals surface area contributed by atoms with Crippen molar-refractivity contribution in [3.63, 3.8) is 0 Å². The van der Waals surface area contributed by atoms with E-state index < -0.39 is 0 Å². The lowest BCUT2D eigenvalue weighted by Gasteiger charge is -2.35. The molecule has 0 bridgehead atoms. The first-order valence-electron chi connectivity index (χ1n) is 10.9. The van der Waals surface area contributed by atoms with Gasteiger partial charge in [-0.1, -0.05) is 25.2 Å². The summed E-state index contributed by atoms with van der Waals surface area (Å²) in [7, 11) is 1.39. The summed E-state index contributed by atoms with van der Waals surface area (Å²) in [6, 6.07) is 5.65. The number of methoxy groups -OCH3 is 1. The van der Waals surface area contributed by atoms with Gasteiger partial charge < -0.3 is 29.6 Å². The van der Waals surface area contributed by atoms with E-state index in [4.69, 9.17) is 14.5 Å². The molecule has 0 amide bonds. The summed E-state index contributed by atoms with van der Waals surface area (Å²) < 4.78 is 10.7. The molecular formula is C23H28N4O4S. The molecule has 2 aliphatic rings. The van der Waals surface area contributed by atoms with Crippen LogP contribution in [-0.2, 0) is 22.3 Å². The Hall–Kier alpha value is -2.46. The minimum Gasteiger partial charge on any atom is -0.628 e. The predicted molar refractivity (Wildman–Crippen MR) is 124 cm³/mol. The molecule has 170 valence electrons. The third kappa shape index (κ3) is 3.90. The van der Waals surface area contributed by atoms with E-state index in [2.05, 4.69) is 23.7 Å². The molecule has 2 aromatic heterocycles. The molecule has 9 heteroatoms. The van der Waals surface area contributed by atoms with Gasteiger partial charge in [-0.25, -0.2) is 4.79 Å². The number of hydroxylamine groups is 1. The fraction of sp³-hybridized carbons (Fsp3) is 0.478. The van der Waals surface area contributed by atoms with E-state index in [0.717, 1.165) is 45.9 Å². The van der Waals surface area contributed by atoms with Crippen LogP contribution >= 0.6 is 11.3 Å². The number of aromatic amines is 1. The van der Waals surface area contributed by atoms with Crippen molar-refractivity contribution >= 4 is 39.2 Å². The van der Waals surface area contributed by atoms with E-state index in [1.165, 1.54) is 7.11 Å². The lowest BCUT2D eigenvalue weighted by molar-refractivity contribution is -0.790. The molecule has 2 aliphatic heterocycles. The van der Waals surface area contributed by atoms with Crippen LogP contribution in [0.3, 0.4) is 0 Å². The van der Waals surface area contributed by atoms with Gasteiger partial charge in [0.05, 0.1) is 43.4 Å². The summed E-state index contributed by atoms with van der Waals surface area (Å²) in [5.74, 6) is 0.312. The lowest BCUT2D eigenvalue weighted by Crippen LogP contribution is -3.05. The summed E-state index contributed by atoms with van der Waals surface area (Å²) in [4.78, 5) is 23.5. The predicted octanol–water partition coefficient (Wildman–Crippen LogP) is 2.46. The number of nitrogens with zero attached hydrogens (tertiary/aromatic N) is 2. The molecule has 1 unspecified atom stereocenters. The second-order valence-electron chi connectivity index (χ2n) is 9.40. The van der Waals surface area contributed by atoms with E-state index in [-0.39, 0.29) is 22.5 Å². The first-order valence-corrected chi connectivity index (χ1v) is 11.7. The summed E-state index contributed by atoms with van der Waals surface area (Å²) >= 11 is 1.65. The number of carbonyl (C=O) groups is 1. The van der Waals surface area contributed by atoms with Crippen LogP contribution in [0.25, 0.3) is 10.9 Å². The topological polar surface area (TPSA) is 95.0 Å². The molecule has 32 heavy (non-hydrogen) atoms. The van der Waals surface area contributed by atoms with Crippen LogP contribution in [0, 0.1) is 10.6 Å². The molecule has 2 N–H and O–H groups in total. The minimum atomic E-state index is -0.345. The highest BCUT2D eigenvalue weighted by molar-refractivity contribution is 7.16. The monoisotopic (exact) mass is 456 g/mol. The van der Waals surface area contributed by atoms with Gasteiger partial charge in [0.25, 0.3) is 0 Å². The molecule has 1 fully saturated rings. The number of hydrogen-bond acceptors (Lipinski definition) is 7. The molecule has 5 rings (SSSR count). The maximum absolute atomic E-state index is 12.7. The van der Waals surface area contributed by atoms with Crippen molar-refractivity contribution in [1.29, 1.82) is 0 Å². The normalized spacial score (nSPS) is 22.7. The zero-order chi connectivity index (χ0) is 22.5. The Labute approximate surface area is 190 Å². The second-order valence-corrected chi connectivity index (χ2v) is 10.5. The molecule has 3 aromatic rings. The Bertz CT molecular complexity index is 1150. The number of anilines is 1. The average Bonchev–Trinajstić information content (AvgIpc) is 3.37. The molecule has 2 atom stereocenters. The molecule has 1 saturated heterocycles. The number of benzene rings is 1. The van der Waals surface area contributed by atoms with Gasteiger partial charge in [0.2, 0.25) is 5.82 Å². The molecule has 0 radical (unpaired) electrons. The summed E-state index contributed by atoms with van der Waals surface area (Å²) in [6.07, 6.45) is 3.63. The molecule has 1 aromatic carbocycles. The standard InChI is InChI=1S/C23H28N4O4S/c1-23(2)10-19-20(27(29)13-23)25-22(32-19)26-6-7-31-12-16(26)8-15-11-24-18-5-4-14(9-17(15)18)21(28)30-3/h4-5,9,11,16,24,27H,6-8,10,12-13H2,1-3H3/t16-/m0/s1.